The van der Waals surface area contributed by atoms with Gasteiger partial charge in [-0.3, -0.25) is 9.59 Å². The first-order chi connectivity index (χ1) is 11.1. The first-order valence-electron chi connectivity index (χ1n) is 7.53. The highest BCUT2D eigenvalue weighted by Crippen LogP contribution is 2.24. The summed E-state index contributed by atoms with van der Waals surface area (Å²) < 4.78 is 13.5. The van der Waals surface area contributed by atoms with Gasteiger partial charge in [-0.2, -0.15) is 0 Å². The molecule has 0 radical (unpaired) electrons. The summed E-state index contributed by atoms with van der Waals surface area (Å²) >= 11 is 0. The van der Waals surface area contributed by atoms with E-state index in [0.29, 0.717) is 30.9 Å². The Morgan fingerprint density at radius 2 is 2.12 bits per heavy atom. The van der Waals surface area contributed by atoms with Crippen molar-refractivity contribution in [2.75, 3.05) is 19.6 Å². The monoisotopic (exact) mass is 351 g/mol. The number of aryl methyl sites for hydroxylation is 1. The van der Waals surface area contributed by atoms with Gasteiger partial charge in [0.1, 0.15) is 11.4 Å². The van der Waals surface area contributed by atoms with E-state index >= 15 is 0 Å². The van der Waals surface area contributed by atoms with Crippen molar-refractivity contribution < 1.29 is 9.18 Å². The van der Waals surface area contributed by atoms with Crippen LogP contribution in [0.25, 0.3) is 0 Å². The minimum atomic E-state index is -0.339. The van der Waals surface area contributed by atoms with Gasteiger partial charge in [-0.15, -0.1) is 12.4 Å². The maximum Gasteiger partial charge on any atom is 0.259 e. The number of hydrogen-bond donors (Lipinski definition) is 2. The number of H-pyrrole nitrogens is 1. The van der Waals surface area contributed by atoms with Crippen LogP contribution in [0.2, 0.25) is 0 Å². The van der Waals surface area contributed by atoms with Crippen LogP contribution < -0.4 is 10.7 Å². The van der Waals surface area contributed by atoms with Crippen LogP contribution in [0.3, 0.4) is 0 Å². The Labute approximate surface area is 145 Å². The van der Waals surface area contributed by atoms with Crippen LogP contribution in [-0.2, 0) is 0 Å². The lowest BCUT2D eigenvalue weighted by molar-refractivity contribution is 0.0632. The fourth-order valence-electron chi connectivity index (χ4n) is 2.85. The molecule has 2 heterocycles. The van der Waals surface area contributed by atoms with Crippen molar-refractivity contribution in [1.82, 2.24) is 15.2 Å². The number of nitrogens with one attached hydrogen (secondary N) is 2. The standard InChI is InChI=1S/C17H18FN3O2.ClH/c1-11-7-16(22)14(9-20-11)17(23)21-6-5-19-10-15(21)12-3-2-4-13(18)8-12;/h2-4,7-9,15,19H,5-6,10H2,1H3,(H,20,22);1H. The zero-order valence-electron chi connectivity index (χ0n) is 13.2. The number of pyridine rings is 1. The van der Waals surface area contributed by atoms with Crippen LogP contribution in [0.4, 0.5) is 4.39 Å². The molecule has 24 heavy (non-hydrogen) atoms. The average molecular weight is 352 g/mol. The van der Waals surface area contributed by atoms with Gasteiger partial charge in [-0.1, -0.05) is 12.1 Å². The third-order valence-corrected chi connectivity index (χ3v) is 4.03. The minimum absolute atomic E-state index is 0. The lowest BCUT2D eigenvalue weighted by atomic mass is 10.0. The molecule has 1 aliphatic heterocycles. The highest BCUT2D eigenvalue weighted by molar-refractivity contribution is 5.94. The molecule has 0 aliphatic carbocycles. The van der Waals surface area contributed by atoms with E-state index in [1.807, 2.05) is 0 Å². The predicted molar refractivity (Wildman–Crippen MR) is 92.1 cm³/mol. The van der Waals surface area contributed by atoms with Crippen LogP contribution in [-0.4, -0.2) is 35.4 Å². The molecular weight excluding hydrogens is 333 g/mol. The molecule has 1 aliphatic rings. The van der Waals surface area contributed by atoms with Gasteiger partial charge in [0.15, 0.2) is 5.43 Å². The van der Waals surface area contributed by atoms with Crippen LogP contribution in [0.15, 0.2) is 41.3 Å². The van der Waals surface area contributed by atoms with Gasteiger partial charge in [-0.25, -0.2) is 4.39 Å². The summed E-state index contributed by atoms with van der Waals surface area (Å²) in [5.41, 5.74) is 1.23. The molecule has 0 spiro atoms. The lowest BCUT2D eigenvalue weighted by Crippen LogP contribution is -2.49. The van der Waals surface area contributed by atoms with Crippen LogP contribution >= 0.6 is 12.4 Å². The molecule has 7 heteroatoms. The van der Waals surface area contributed by atoms with Crippen molar-refractivity contribution in [3.05, 3.63) is 69.4 Å². The van der Waals surface area contributed by atoms with Gasteiger partial charge in [-0.05, 0) is 24.6 Å². The number of hydrogen-bond acceptors (Lipinski definition) is 3. The Kier molecular flexibility index (Phi) is 5.75. The number of rotatable bonds is 2. The van der Waals surface area contributed by atoms with E-state index in [4.69, 9.17) is 0 Å². The van der Waals surface area contributed by atoms with Gasteiger partial charge in [0.2, 0.25) is 0 Å². The Morgan fingerprint density at radius 3 is 2.83 bits per heavy atom. The second kappa shape index (κ2) is 7.59. The predicted octanol–water partition coefficient (Wildman–Crippen LogP) is 2.03. The van der Waals surface area contributed by atoms with Crippen LogP contribution in [0.5, 0.6) is 0 Å². The molecule has 0 bridgehead atoms. The van der Waals surface area contributed by atoms with E-state index in [9.17, 15) is 14.0 Å². The SMILES string of the molecule is Cc1cc(=O)c(C(=O)N2CCNCC2c2cccc(F)c2)c[nH]1.Cl. The average Bonchev–Trinajstić information content (AvgIpc) is 2.54. The van der Waals surface area contributed by atoms with Crippen molar-refractivity contribution in [1.29, 1.82) is 0 Å². The largest absolute Gasteiger partial charge is 0.364 e. The highest BCUT2D eigenvalue weighted by atomic mass is 35.5. The normalized spacial score (nSPS) is 17.2. The molecule has 1 fully saturated rings. The molecule has 5 nitrogen and oxygen atoms in total. The molecule has 128 valence electrons. The van der Waals surface area contributed by atoms with E-state index in [1.54, 1.807) is 24.0 Å². The molecule has 1 unspecified atom stereocenters. The molecule has 1 aromatic carbocycles. The summed E-state index contributed by atoms with van der Waals surface area (Å²) in [5, 5.41) is 3.21. The summed E-state index contributed by atoms with van der Waals surface area (Å²) in [5.74, 6) is -0.671. The van der Waals surface area contributed by atoms with E-state index in [0.717, 1.165) is 0 Å². The molecule has 1 saturated heterocycles. The molecule has 2 aromatic rings. The van der Waals surface area contributed by atoms with E-state index < -0.39 is 0 Å². The Bertz CT molecular complexity index is 793. The Balaban J connectivity index is 0.00000208. The highest BCUT2D eigenvalue weighted by Gasteiger charge is 2.29. The fourth-order valence-corrected chi connectivity index (χ4v) is 2.85. The first kappa shape index (κ1) is 18.2. The third kappa shape index (κ3) is 3.66. The Hall–Kier alpha value is -2.18. The molecule has 1 aromatic heterocycles. The molecule has 2 N–H and O–H groups in total. The smallest absolute Gasteiger partial charge is 0.259 e. The van der Waals surface area contributed by atoms with E-state index in [1.165, 1.54) is 24.4 Å². The second-order valence-electron chi connectivity index (χ2n) is 5.67. The Morgan fingerprint density at radius 1 is 1.33 bits per heavy atom. The van der Waals surface area contributed by atoms with Crippen molar-refractivity contribution in [3.63, 3.8) is 0 Å². The number of benzene rings is 1. The van der Waals surface area contributed by atoms with Gasteiger partial charge >= 0.3 is 0 Å². The van der Waals surface area contributed by atoms with Crippen LogP contribution in [0.1, 0.15) is 27.7 Å². The van der Waals surface area contributed by atoms with Crippen molar-refractivity contribution in [2.45, 2.75) is 13.0 Å². The number of aromatic amines is 1. The summed E-state index contributed by atoms with van der Waals surface area (Å²) in [4.78, 5) is 29.4. The van der Waals surface area contributed by atoms with Gasteiger partial charge < -0.3 is 15.2 Å². The number of carbonyl (C=O) groups is 1. The molecular formula is C17H19ClFN3O2. The molecule has 3 rings (SSSR count). The van der Waals surface area contributed by atoms with Crippen molar-refractivity contribution in [3.8, 4) is 0 Å². The van der Waals surface area contributed by atoms with Gasteiger partial charge in [0, 0.05) is 37.6 Å². The summed E-state index contributed by atoms with van der Waals surface area (Å²) in [6.07, 6.45) is 1.45. The molecule has 1 atom stereocenters. The number of carbonyl (C=O) groups excluding carboxylic acids is 1. The number of amides is 1. The molecule has 0 saturated carbocycles. The zero-order valence-corrected chi connectivity index (χ0v) is 14.0. The fraction of sp³-hybridized carbons (Fsp3) is 0.294. The van der Waals surface area contributed by atoms with Gasteiger partial charge in [0.05, 0.1) is 6.04 Å². The number of nitrogens with zero attached hydrogens (tertiary/aromatic N) is 1. The summed E-state index contributed by atoms with van der Waals surface area (Å²) in [7, 11) is 0. The lowest BCUT2D eigenvalue weighted by Gasteiger charge is -2.36. The minimum Gasteiger partial charge on any atom is -0.364 e. The van der Waals surface area contributed by atoms with E-state index in [2.05, 4.69) is 10.3 Å². The number of piperazine rings is 1. The zero-order chi connectivity index (χ0) is 16.4. The number of halogens is 2. The third-order valence-electron chi connectivity index (χ3n) is 4.03. The second-order valence-corrected chi connectivity index (χ2v) is 5.67. The first-order valence-corrected chi connectivity index (χ1v) is 7.53. The number of aromatic nitrogens is 1. The van der Waals surface area contributed by atoms with Crippen molar-refractivity contribution in [2.24, 2.45) is 0 Å². The van der Waals surface area contributed by atoms with Gasteiger partial charge in [0.25, 0.3) is 5.91 Å². The maximum atomic E-state index is 13.5. The quantitative estimate of drug-likeness (QED) is 0.870. The van der Waals surface area contributed by atoms with E-state index in [-0.39, 0.29) is 41.2 Å². The maximum absolute atomic E-state index is 13.5. The van der Waals surface area contributed by atoms with Crippen molar-refractivity contribution >= 4 is 18.3 Å². The van der Waals surface area contributed by atoms with Crippen LogP contribution in [0, 0.1) is 12.7 Å². The summed E-state index contributed by atoms with van der Waals surface area (Å²) in [6, 6.07) is 7.33. The molecule has 1 amide bonds. The topological polar surface area (TPSA) is 65.2 Å². The summed E-state index contributed by atoms with van der Waals surface area (Å²) in [6.45, 7) is 3.39.